The quantitative estimate of drug-likeness (QED) is 0.753. The maximum Gasteiger partial charge on any atom is 0.280 e. The molecule has 6 nitrogen and oxygen atoms in total. The van der Waals surface area contributed by atoms with Crippen LogP contribution in [0.1, 0.15) is 47.1 Å². The highest BCUT2D eigenvalue weighted by atomic mass is 19.3. The zero-order chi connectivity index (χ0) is 18.3. The number of rotatable bonds is 5. The lowest BCUT2D eigenvalue weighted by atomic mass is 10.2. The van der Waals surface area contributed by atoms with Gasteiger partial charge in [0.1, 0.15) is 11.4 Å². The summed E-state index contributed by atoms with van der Waals surface area (Å²) < 4.78 is 32.9. The van der Waals surface area contributed by atoms with E-state index >= 15 is 0 Å². The summed E-state index contributed by atoms with van der Waals surface area (Å²) >= 11 is 0. The van der Waals surface area contributed by atoms with Crippen LogP contribution in [0.2, 0.25) is 0 Å². The molecule has 0 bridgehead atoms. The molecule has 0 spiro atoms. The molecule has 0 aliphatic heterocycles. The molecule has 1 fully saturated rings. The highest BCUT2D eigenvalue weighted by molar-refractivity contribution is 6.03. The normalized spacial score (nSPS) is 14.0. The number of fused-ring (bicyclic) bond motifs is 1. The van der Waals surface area contributed by atoms with Crippen LogP contribution in [-0.2, 0) is 0 Å². The average Bonchev–Trinajstić information content (AvgIpc) is 3.39. The van der Waals surface area contributed by atoms with Gasteiger partial charge >= 0.3 is 0 Å². The van der Waals surface area contributed by atoms with Gasteiger partial charge in [0.15, 0.2) is 11.3 Å². The number of hydrogen-bond donors (Lipinski definition) is 1. The van der Waals surface area contributed by atoms with Crippen molar-refractivity contribution < 1.29 is 18.3 Å². The second kappa shape index (κ2) is 6.36. The van der Waals surface area contributed by atoms with Crippen LogP contribution in [0.15, 0.2) is 36.4 Å². The summed E-state index contributed by atoms with van der Waals surface area (Å²) in [6.07, 6.45) is -0.806. The van der Waals surface area contributed by atoms with E-state index in [1.54, 1.807) is 24.3 Å². The number of nitrogens with one attached hydrogen (secondary N) is 1. The van der Waals surface area contributed by atoms with Crippen molar-refractivity contribution in [2.45, 2.75) is 25.2 Å². The topological polar surface area (TPSA) is 68.5 Å². The SMILES string of the molecule is COc1cccc(NC(=O)c2cc3nc(C4CC4)cc(C(F)F)n3n2)c1. The fourth-order valence-corrected chi connectivity index (χ4v) is 2.77. The number of carbonyl (C=O) groups excluding carboxylic acids is 1. The third kappa shape index (κ3) is 3.10. The molecule has 134 valence electrons. The summed E-state index contributed by atoms with van der Waals surface area (Å²) in [6, 6.07) is 9.64. The van der Waals surface area contributed by atoms with Crippen LogP contribution in [0.4, 0.5) is 14.5 Å². The van der Waals surface area contributed by atoms with Gasteiger partial charge in [-0.15, -0.1) is 0 Å². The number of anilines is 1. The van der Waals surface area contributed by atoms with Crippen LogP contribution in [-0.4, -0.2) is 27.6 Å². The first-order chi connectivity index (χ1) is 12.5. The molecule has 0 saturated heterocycles. The molecule has 0 atom stereocenters. The van der Waals surface area contributed by atoms with Gasteiger partial charge in [0.2, 0.25) is 0 Å². The number of amides is 1. The lowest BCUT2D eigenvalue weighted by Crippen LogP contribution is -2.13. The molecule has 1 N–H and O–H groups in total. The Labute approximate surface area is 147 Å². The zero-order valence-corrected chi connectivity index (χ0v) is 13.9. The molecule has 0 radical (unpaired) electrons. The highest BCUT2D eigenvalue weighted by Crippen LogP contribution is 2.40. The number of methoxy groups -OCH3 is 1. The van der Waals surface area contributed by atoms with Crippen molar-refractivity contribution in [3.8, 4) is 5.75 Å². The summed E-state index contributed by atoms with van der Waals surface area (Å²) in [7, 11) is 1.53. The second-order valence-electron chi connectivity index (χ2n) is 6.17. The Morgan fingerprint density at radius 2 is 2.12 bits per heavy atom. The number of hydrogen-bond acceptors (Lipinski definition) is 4. The Hall–Kier alpha value is -3.03. The lowest BCUT2D eigenvalue weighted by molar-refractivity contribution is 0.102. The van der Waals surface area contributed by atoms with E-state index in [1.807, 2.05) is 0 Å². The van der Waals surface area contributed by atoms with Crippen molar-refractivity contribution in [3.63, 3.8) is 0 Å². The maximum absolute atomic E-state index is 13.4. The predicted molar refractivity (Wildman–Crippen MR) is 90.9 cm³/mol. The Balaban J connectivity index is 1.67. The van der Waals surface area contributed by atoms with Gasteiger partial charge in [-0.1, -0.05) is 6.07 Å². The average molecular weight is 358 g/mol. The minimum Gasteiger partial charge on any atom is -0.497 e. The molecule has 26 heavy (non-hydrogen) atoms. The van der Waals surface area contributed by atoms with Crippen LogP contribution in [0.5, 0.6) is 5.75 Å². The van der Waals surface area contributed by atoms with Crippen molar-refractivity contribution in [2.24, 2.45) is 0 Å². The summed E-state index contributed by atoms with van der Waals surface area (Å²) in [5.74, 6) is 0.312. The number of carbonyl (C=O) groups is 1. The predicted octanol–water partition coefficient (Wildman–Crippen LogP) is 3.81. The maximum atomic E-state index is 13.4. The van der Waals surface area contributed by atoms with E-state index < -0.39 is 12.3 Å². The summed E-state index contributed by atoms with van der Waals surface area (Å²) in [5.41, 5.74) is 1.17. The van der Waals surface area contributed by atoms with E-state index in [9.17, 15) is 13.6 Å². The highest BCUT2D eigenvalue weighted by Gasteiger charge is 2.28. The molecule has 2 heterocycles. The van der Waals surface area contributed by atoms with Gasteiger partial charge in [-0.25, -0.2) is 18.3 Å². The zero-order valence-electron chi connectivity index (χ0n) is 13.9. The van der Waals surface area contributed by atoms with Gasteiger partial charge in [0.25, 0.3) is 12.3 Å². The van der Waals surface area contributed by atoms with E-state index in [4.69, 9.17) is 4.74 Å². The minimum absolute atomic E-state index is 0.0233. The minimum atomic E-state index is -2.70. The Kier molecular flexibility index (Phi) is 4.02. The third-order valence-corrected chi connectivity index (χ3v) is 4.25. The lowest BCUT2D eigenvalue weighted by Gasteiger charge is -2.06. The Morgan fingerprint density at radius 1 is 1.31 bits per heavy atom. The van der Waals surface area contributed by atoms with Gasteiger partial charge in [-0.3, -0.25) is 4.79 Å². The molecule has 1 amide bonds. The fraction of sp³-hybridized carbons (Fsp3) is 0.278. The molecule has 0 unspecified atom stereocenters. The molecular weight excluding hydrogens is 342 g/mol. The third-order valence-electron chi connectivity index (χ3n) is 4.25. The number of ether oxygens (including phenoxy) is 1. The molecule has 1 saturated carbocycles. The molecule has 3 aromatic rings. The van der Waals surface area contributed by atoms with E-state index in [-0.39, 0.29) is 23.0 Å². The van der Waals surface area contributed by atoms with Gasteiger partial charge in [-0.05, 0) is 31.0 Å². The van der Waals surface area contributed by atoms with Crippen LogP contribution >= 0.6 is 0 Å². The largest absolute Gasteiger partial charge is 0.497 e. The van der Waals surface area contributed by atoms with E-state index in [0.29, 0.717) is 17.1 Å². The molecule has 4 rings (SSSR count). The molecule has 1 aromatic carbocycles. The molecule has 1 aliphatic rings. The van der Waals surface area contributed by atoms with E-state index in [0.717, 1.165) is 17.4 Å². The van der Waals surface area contributed by atoms with E-state index in [2.05, 4.69) is 15.4 Å². The van der Waals surface area contributed by atoms with Crippen LogP contribution in [0.3, 0.4) is 0 Å². The van der Waals surface area contributed by atoms with Crippen LogP contribution in [0, 0.1) is 0 Å². The number of halogens is 2. The van der Waals surface area contributed by atoms with Gasteiger partial charge in [0.05, 0.1) is 7.11 Å². The van der Waals surface area contributed by atoms with E-state index in [1.165, 1.54) is 19.2 Å². The summed E-state index contributed by atoms with van der Waals surface area (Å²) in [5, 5.41) is 6.71. The number of aromatic nitrogens is 3. The molecular formula is C18H16F2N4O2. The Bertz CT molecular complexity index is 982. The fourth-order valence-electron chi connectivity index (χ4n) is 2.77. The van der Waals surface area contributed by atoms with Gasteiger partial charge in [0, 0.05) is 29.4 Å². The van der Waals surface area contributed by atoms with Crippen molar-refractivity contribution in [1.82, 2.24) is 14.6 Å². The van der Waals surface area contributed by atoms with Crippen molar-refractivity contribution in [2.75, 3.05) is 12.4 Å². The Morgan fingerprint density at radius 3 is 2.81 bits per heavy atom. The number of alkyl halides is 2. The van der Waals surface area contributed by atoms with Crippen molar-refractivity contribution in [3.05, 3.63) is 53.5 Å². The van der Waals surface area contributed by atoms with Crippen LogP contribution < -0.4 is 10.1 Å². The second-order valence-corrected chi connectivity index (χ2v) is 6.17. The summed E-state index contributed by atoms with van der Waals surface area (Å²) in [6.45, 7) is 0. The molecule has 1 aliphatic carbocycles. The summed E-state index contributed by atoms with van der Waals surface area (Å²) in [4.78, 5) is 16.8. The van der Waals surface area contributed by atoms with Crippen molar-refractivity contribution >= 4 is 17.2 Å². The molecule has 2 aromatic heterocycles. The monoisotopic (exact) mass is 358 g/mol. The first kappa shape index (κ1) is 16.4. The van der Waals surface area contributed by atoms with Crippen LogP contribution in [0.25, 0.3) is 5.65 Å². The standard InChI is InChI=1S/C18H16F2N4O2/c1-26-12-4-2-3-11(7-12)21-18(25)14-9-16-22-13(10-5-6-10)8-15(17(19)20)24(16)23-14/h2-4,7-10,17H,5-6H2,1H3,(H,21,25). The van der Waals surface area contributed by atoms with Gasteiger partial charge in [-0.2, -0.15) is 5.10 Å². The number of nitrogens with zero attached hydrogens (tertiary/aromatic N) is 3. The van der Waals surface area contributed by atoms with Gasteiger partial charge < -0.3 is 10.1 Å². The first-order valence-electron chi connectivity index (χ1n) is 8.19. The number of benzene rings is 1. The molecule has 8 heteroatoms. The first-order valence-corrected chi connectivity index (χ1v) is 8.19. The van der Waals surface area contributed by atoms with Crippen molar-refractivity contribution in [1.29, 1.82) is 0 Å². The smallest absolute Gasteiger partial charge is 0.280 e.